The topological polar surface area (TPSA) is 65.7 Å². The Morgan fingerprint density at radius 1 is 0.926 bits per heavy atom. The van der Waals surface area contributed by atoms with E-state index >= 15 is 0 Å². The van der Waals surface area contributed by atoms with Crippen molar-refractivity contribution < 1.29 is 0 Å². The minimum absolute atomic E-state index is 0.464. The molecule has 0 bridgehead atoms. The molecule has 0 spiro atoms. The summed E-state index contributed by atoms with van der Waals surface area (Å²) >= 11 is 0. The van der Waals surface area contributed by atoms with E-state index in [1.54, 1.807) is 12.3 Å². The number of rotatable bonds is 3. The van der Waals surface area contributed by atoms with E-state index in [-0.39, 0.29) is 0 Å². The minimum atomic E-state index is 0.464. The van der Waals surface area contributed by atoms with Crippen LogP contribution in [0.25, 0.3) is 11.0 Å². The Balaban J connectivity index is 1.29. The summed E-state index contributed by atoms with van der Waals surface area (Å²) in [5.41, 5.74) is 4.95. The van der Waals surface area contributed by atoms with Crippen LogP contribution < -0.4 is 4.90 Å². The van der Waals surface area contributed by atoms with Gasteiger partial charge in [-0.3, -0.25) is 0 Å². The van der Waals surface area contributed by atoms with Gasteiger partial charge in [0, 0.05) is 36.3 Å². The Labute approximate surface area is 158 Å². The quantitative estimate of drug-likeness (QED) is 0.706. The molecule has 3 aromatic rings. The molecule has 0 atom stereocenters. The van der Waals surface area contributed by atoms with Crippen LogP contribution in [-0.2, 0) is 0 Å². The van der Waals surface area contributed by atoms with Gasteiger partial charge in [0.05, 0.1) is 11.9 Å². The predicted molar refractivity (Wildman–Crippen MR) is 105 cm³/mol. The van der Waals surface area contributed by atoms with Crippen molar-refractivity contribution in [2.45, 2.75) is 37.5 Å². The van der Waals surface area contributed by atoms with E-state index in [9.17, 15) is 0 Å². The van der Waals surface area contributed by atoms with Crippen LogP contribution in [0.4, 0.5) is 5.69 Å². The number of anilines is 1. The predicted octanol–water partition coefficient (Wildman–Crippen LogP) is 4.16. The van der Waals surface area contributed by atoms with Gasteiger partial charge in [0.25, 0.3) is 0 Å². The number of piperidine rings is 1. The van der Waals surface area contributed by atoms with Crippen molar-refractivity contribution >= 4 is 16.7 Å². The van der Waals surface area contributed by atoms with Crippen LogP contribution in [0, 0.1) is 11.3 Å². The third-order valence-corrected chi connectivity index (χ3v) is 5.77. The van der Waals surface area contributed by atoms with Crippen LogP contribution in [-0.4, -0.2) is 28.0 Å². The van der Waals surface area contributed by atoms with E-state index < -0.39 is 0 Å². The molecule has 5 rings (SSSR count). The molecule has 4 heterocycles. The summed E-state index contributed by atoms with van der Waals surface area (Å²) in [5.74, 6) is 1.20. The van der Waals surface area contributed by atoms with Gasteiger partial charge in [-0.05, 0) is 67.5 Å². The first-order valence-electron chi connectivity index (χ1n) is 9.68. The summed E-state index contributed by atoms with van der Waals surface area (Å²) in [4.78, 5) is 16.0. The highest BCUT2D eigenvalue weighted by atomic mass is 15.1. The minimum Gasteiger partial charge on any atom is -0.370 e. The molecule has 1 aliphatic carbocycles. The molecule has 0 unspecified atom stereocenters. The van der Waals surface area contributed by atoms with E-state index in [0.29, 0.717) is 11.6 Å². The molecule has 0 N–H and O–H groups in total. The molecule has 0 radical (unpaired) electrons. The average Bonchev–Trinajstić information content (AvgIpc) is 3.59. The fraction of sp³-hybridized carbons (Fsp3) is 0.364. The molecule has 2 aliphatic rings. The number of nitriles is 1. The van der Waals surface area contributed by atoms with Gasteiger partial charge in [0.15, 0.2) is 5.65 Å². The third kappa shape index (κ3) is 3.23. The largest absolute Gasteiger partial charge is 0.370 e. The second-order valence-electron chi connectivity index (χ2n) is 7.60. The lowest BCUT2D eigenvalue weighted by atomic mass is 9.92. The van der Waals surface area contributed by atoms with Crippen molar-refractivity contribution in [2.24, 2.45) is 0 Å². The highest BCUT2D eigenvalue weighted by Gasteiger charge is 2.25. The lowest BCUT2D eigenvalue weighted by Gasteiger charge is -2.33. The lowest BCUT2D eigenvalue weighted by molar-refractivity contribution is 0.497. The second-order valence-corrected chi connectivity index (χ2v) is 7.60. The molecule has 1 aliphatic heterocycles. The highest BCUT2D eigenvalue weighted by molar-refractivity contribution is 5.75. The van der Waals surface area contributed by atoms with Gasteiger partial charge in [-0.2, -0.15) is 5.26 Å². The molecule has 3 aromatic heterocycles. The van der Waals surface area contributed by atoms with Gasteiger partial charge >= 0.3 is 0 Å². The Kier molecular flexibility index (Phi) is 3.97. The monoisotopic (exact) mass is 355 g/mol. The van der Waals surface area contributed by atoms with Crippen LogP contribution in [0.5, 0.6) is 0 Å². The van der Waals surface area contributed by atoms with Gasteiger partial charge in [-0.1, -0.05) is 0 Å². The van der Waals surface area contributed by atoms with E-state index in [1.165, 1.54) is 18.4 Å². The number of nitrogens with zero attached hydrogens (tertiary/aromatic N) is 5. The third-order valence-electron chi connectivity index (χ3n) is 5.77. The molecule has 2 fully saturated rings. The van der Waals surface area contributed by atoms with Crippen molar-refractivity contribution in [1.29, 1.82) is 5.26 Å². The molecule has 0 aromatic carbocycles. The highest BCUT2D eigenvalue weighted by Crippen LogP contribution is 2.40. The first-order chi connectivity index (χ1) is 13.3. The number of hydrogen-bond donors (Lipinski definition) is 0. The molecule has 0 amide bonds. The summed E-state index contributed by atoms with van der Waals surface area (Å²) < 4.78 is 0. The number of aromatic nitrogens is 3. The van der Waals surface area contributed by atoms with Crippen LogP contribution >= 0.6 is 0 Å². The van der Waals surface area contributed by atoms with Crippen molar-refractivity contribution in [2.75, 3.05) is 18.0 Å². The zero-order valence-corrected chi connectivity index (χ0v) is 15.2. The molecule has 5 nitrogen and oxygen atoms in total. The Bertz CT molecular complexity index is 1010. The zero-order chi connectivity index (χ0) is 18.2. The van der Waals surface area contributed by atoms with E-state index in [1.807, 2.05) is 12.3 Å². The maximum Gasteiger partial charge on any atom is 0.159 e. The van der Waals surface area contributed by atoms with Gasteiger partial charge in [0.2, 0.25) is 0 Å². The smallest absolute Gasteiger partial charge is 0.159 e. The Morgan fingerprint density at radius 2 is 1.78 bits per heavy atom. The summed E-state index contributed by atoms with van der Waals surface area (Å²) in [6.45, 7) is 1.96. The maximum absolute atomic E-state index is 8.88. The van der Waals surface area contributed by atoms with Crippen LogP contribution in [0.1, 0.15) is 54.5 Å². The van der Waals surface area contributed by atoms with Crippen LogP contribution in [0.2, 0.25) is 0 Å². The SMILES string of the molecule is N#Cc1ccc(N2CCC(c3ccc4cc(C5CC5)cnc4n3)CC2)cn1. The molecule has 1 saturated heterocycles. The van der Waals surface area contributed by atoms with E-state index in [4.69, 9.17) is 10.2 Å². The molecular weight excluding hydrogens is 334 g/mol. The fourth-order valence-electron chi connectivity index (χ4n) is 3.98. The second kappa shape index (κ2) is 6.62. The van der Waals surface area contributed by atoms with Crippen molar-refractivity contribution in [3.05, 3.63) is 59.7 Å². The Hall–Kier alpha value is -3.00. The van der Waals surface area contributed by atoms with E-state index in [2.05, 4.69) is 39.1 Å². The summed E-state index contributed by atoms with van der Waals surface area (Å²) in [6, 6.07) is 12.5. The van der Waals surface area contributed by atoms with Gasteiger partial charge < -0.3 is 4.90 Å². The number of hydrogen-bond acceptors (Lipinski definition) is 5. The van der Waals surface area contributed by atoms with Crippen molar-refractivity contribution in [3.63, 3.8) is 0 Å². The molecule has 27 heavy (non-hydrogen) atoms. The first kappa shape index (κ1) is 16.2. The average molecular weight is 355 g/mol. The first-order valence-corrected chi connectivity index (χ1v) is 9.68. The zero-order valence-electron chi connectivity index (χ0n) is 15.2. The van der Waals surface area contributed by atoms with Crippen molar-refractivity contribution in [1.82, 2.24) is 15.0 Å². The summed E-state index contributed by atoms with van der Waals surface area (Å²) in [7, 11) is 0. The summed E-state index contributed by atoms with van der Waals surface area (Å²) in [5, 5.41) is 10.0. The lowest BCUT2D eigenvalue weighted by Crippen LogP contribution is -2.33. The molecular formula is C22H21N5. The standard InChI is InChI=1S/C22H21N5/c23-12-19-4-5-20(14-24-19)27-9-7-16(8-10-27)21-6-3-17-11-18(15-1-2-15)13-25-22(17)26-21/h3-6,11,13-16H,1-2,7-10H2. The van der Waals surface area contributed by atoms with Crippen molar-refractivity contribution in [3.8, 4) is 6.07 Å². The van der Waals surface area contributed by atoms with Gasteiger partial charge in [0.1, 0.15) is 11.8 Å². The van der Waals surface area contributed by atoms with Crippen LogP contribution in [0.15, 0.2) is 42.7 Å². The number of fused-ring (bicyclic) bond motifs is 1. The van der Waals surface area contributed by atoms with Crippen LogP contribution in [0.3, 0.4) is 0 Å². The van der Waals surface area contributed by atoms with E-state index in [0.717, 1.165) is 54.3 Å². The normalized spacial score (nSPS) is 17.8. The summed E-state index contributed by atoms with van der Waals surface area (Å²) in [6.07, 6.45) is 8.54. The fourth-order valence-corrected chi connectivity index (χ4v) is 3.98. The molecule has 5 heteroatoms. The molecule has 134 valence electrons. The maximum atomic E-state index is 8.88. The van der Waals surface area contributed by atoms with Gasteiger partial charge in [-0.25, -0.2) is 15.0 Å². The molecule has 1 saturated carbocycles. The van der Waals surface area contributed by atoms with Gasteiger partial charge in [-0.15, -0.1) is 0 Å². The Morgan fingerprint density at radius 3 is 2.48 bits per heavy atom. The number of pyridine rings is 3.